The third kappa shape index (κ3) is 3.93. The summed E-state index contributed by atoms with van der Waals surface area (Å²) in [4.78, 5) is 7.22. The molecular formula is C16H27N3O. The fourth-order valence-corrected chi connectivity index (χ4v) is 2.85. The topological polar surface area (TPSA) is 37.4 Å². The van der Waals surface area contributed by atoms with E-state index in [4.69, 9.17) is 9.72 Å². The first-order valence-electron chi connectivity index (χ1n) is 7.65. The summed E-state index contributed by atoms with van der Waals surface area (Å²) in [5.41, 5.74) is 2.51. The zero-order valence-corrected chi connectivity index (χ0v) is 13.0. The van der Waals surface area contributed by atoms with Crippen molar-refractivity contribution in [2.75, 3.05) is 38.8 Å². The van der Waals surface area contributed by atoms with Crippen molar-refractivity contribution in [1.29, 1.82) is 0 Å². The van der Waals surface area contributed by atoms with Gasteiger partial charge in [-0.3, -0.25) is 0 Å². The molecule has 0 amide bonds. The molecule has 1 aromatic heterocycles. The summed E-state index contributed by atoms with van der Waals surface area (Å²) in [6.07, 6.45) is 3.39. The third-order valence-electron chi connectivity index (χ3n) is 4.01. The highest BCUT2D eigenvalue weighted by Crippen LogP contribution is 2.23. The molecule has 2 rings (SSSR count). The van der Waals surface area contributed by atoms with Crippen LogP contribution in [0.2, 0.25) is 0 Å². The molecule has 0 aliphatic carbocycles. The highest BCUT2D eigenvalue weighted by Gasteiger charge is 2.20. The van der Waals surface area contributed by atoms with Gasteiger partial charge in [0.1, 0.15) is 5.82 Å². The molecule has 4 heteroatoms. The number of nitrogens with zero attached hydrogens (tertiary/aromatic N) is 2. The molecule has 0 spiro atoms. The number of anilines is 1. The molecule has 0 radical (unpaired) electrons. The molecule has 0 unspecified atom stereocenters. The standard InChI is InChI=1S/C16H27N3O/c1-4-15-9-14(11-17-2)10-16(18-15)19-7-5-13(6-8-19)12-20-3/h9-10,13,17H,4-8,11-12H2,1-3H3. The summed E-state index contributed by atoms with van der Waals surface area (Å²) in [6, 6.07) is 4.43. The lowest BCUT2D eigenvalue weighted by Crippen LogP contribution is -2.35. The molecule has 1 N–H and O–H groups in total. The molecule has 112 valence electrons. The second-order valence-electron chi connectivity index (χ2n) is 5.59. The number of rotatable bonds is 6. The van der Waals surface area contributed by atoms with Crippen molar-refractivity contribution in [2.24, 2.45) is 5.92 Å². The summed E-state index contributed by atoms with van der Waals surface area (Å²) in [6.45, 7) is 6.14. The number of pyridine rings is 1. The van der Waals surface area contributed by atoms with E-state index in [1.165, 1.54) is 24.1 Å². The minimum Gasteiger partial charge on any atom is -0.384 e. The minimum absolute atomic E-state index is 0.711. The van der Waals surface area contributed by atoms with Crippen molar-refractivity contribution in [3.63, 3.8) is 0 Å². The Morgan fingerprint density at radius 1 is 1.35 bits per heavy atom. The number of hydrogen-bond acceptors (Lipinski definition) is 4. The van der Waals surface area contributed by atoms with Gasteiger partial charge >= 0.3 is 0 Å². The van der Waals surface area contributed by atoms with Gasteiger partial charge in [-0.25, -0.2) is 4.98 Å². The van der Waals surface area contributed by atoms with Gasteiger partial charge in [-0.05, 0) is 49.9 Å². The Balaban J connectivity index is 2.06. The highest BCUT2D eigenvalue weighted by molar-refractivity contribution is 5.43. The predicted molar refractivity (Wildman–Crippen MR) is 83.2 cm³/mol. The molecule has 0 bridgehead atoms. The fraction of sp³-hybridized carbons (Fsp3) is 0.688. The van der Waals surface area contributed by atoms with Crippen LogP contribution in [0.15, 0.2) is 12.1 Å². The number of hydrogen-bond donors (Lipinski definition) is 1. The first kappa shape index (κ1) is 15.3. The van der Waals surface area contributed by atoms with Gasteiger partial charge in [0, 0.05) is 39.0 Å². The maximum Gasteiger partial charge on any atom is 0.129 e. The van der Waals surface area contributed by atoms with Gasteiger partial charge in [-0.2, -0.15) is 0 Å². The van der Waals surface area contributed by atoms with E-state index < -0.39 is 0 Å². The second-order valence-corrected chi connectivity index (χ2v) is 5.59. The summed E-state index contributed by atoms with van der Waals surface area (Å²) < 4.78 is 5.27. The van der Waals surface area contributed by atoms with E-state index >= 15 is 0 Å². The van der Waals surface area contributed by atoms with E-state index in [0.717, 1.165) is 38.5 Å². The maximum absolute atomic E-state index is 5.27. The lowest BCUT2D eigenvalue weighted by molar-refractivity contribution is 0.139. The van der Waals surface area contributed by atoms with Gasteiger partial charge in [0.05, 0.1) is 0 Å². The number of nitrogens with one attached hydrogen (secondary N) is 1. The van der Waals surface area contributed by atoms with Crippen LogP contribution in [-0.4, -0.2) is 38.8 Å². The van der Waals surface area contributed by atoms with E-state index in [1.54, 1.807) is 7.11 Å². The number of aromatic nitrogens is 1. The van der Waals surface area contributed by atoms with Crippen LogP contribution >= 0.6 is 0 Å². The quantitative estimate of drug-likeness (QED) is 0.865. The molecule has 1 saturated heterocycles. The van der Waals surface area contributed by atoms with Crippen LogP contribution in [-0.2, 0) is 17.7 Å². The Morgan fingerprint density at radius 2 is 2.10 bits per heavy atom. The SMILES string of the molecule is CCc1cc(CNC)cc(N2CCC(COC)CC2)n1. The molecule has 4 nitrogen and oxygen atoms in total. The minimum atomic E-state index is 0.711. The van der Waals surface area contributed by atoms with Gasteiger partial charge in [0.15, 0.2) is 0 Å². The molecule has 0 saturated carbocycles. The summed E-state index contributed by atoms with van der Waals surface area (Å²) in [7, 11) is 3.78. The Hall–Kier alpha value is -1.13. The van der Waals surface area contributed by atoms with E-state index in [9.17, 15) is 0 Å². The average Bonchev–Trinajstić information content (AvgIpc) is 2.48. The molecular weight excluding hydrogens is 250 g/mol. The van der Waals surface area contributed by atoms with E-state index in [-0.39, 0.29) is 0 Å². The Morgan fingerprint density at radius 3 is 2.70 bits per heavy atom. The van der Waals surface area contributed by atoms with Gasteiger partial charge < -0.3 is 15.0 Å². The van der Waals surface area contributed by atoms with Crippen molar-refractivity contribution in [2.45, 2.75) is 32.7 Å². The molecule has 1 aliphatic heterocycles. The van der Waals surface area contributed by atoms with Crippen molar-refractivity contribution < 1.29 is 4.74 Å². The fourth-order valence-electron chi connectivity index (χ4n) is 2.85. The first-order valence-corrected chi connectivity index (χ1v) is 7.65. The third-order valence-corrected chi connectivity index (χ3v) is 4.01. The summed E-state index contributed by atoms with van der Waals surface area (Å²) in [5.74, 6) is 1.85. The molecule has 1 aliphatic rings. The zero-order valence-electron chi connectivity index (χ0n) is 13.0. The van der Waals surface area contributed by atoms with Crippen LogP contribution in [0.1, 0.15) is 31.0 Å². The van der Waals surface area contributed by atoms with Crippen LogP contribution in [0, 0.1) is 5.92 Å². The van der Waals surface area contributed by atoms with Crippen LogP contribution < -0.4 is 10.2 Å². The molecule has 0 atom stereocenters. The number of ether oxygens (including phenoxy) is 1. The summed E-state index contributed by atoms with van der Waals surface area (Å²) >= 11 is 0. The predicted octanol–water partition coefficient (Wildman–Crippen LogP) is 2.23. The van der Waals surface area contributed by atoms with Crippen LogP contribution in [0.3, 0.4) is 0 Å². The zero-order chi connectivity index (χ0) is 14.4. The largest absolute Gasteiger partial charge is 0.384 e. The highest BCUT2D eigenvalue weighted by atomic mass is 16.5. The van der Waals surface area contributed by atoms with Crippen molar-refractivity contribution >= 4 is 5.82 Å². The number of aryl methyl sites for hydroxylation is 1. The van der Waals surface area contributed by atoms with E-state index in [1.807, 2.05) is 7.05 Å². The Bertz CT molecular complexity index is 414. The Labute approximate surface area is 122 Å². The van der Waals surface area contributed by atoms with Crippen LogP contribution in [0.5, 0.6) is 0 Å². The number of piperidine rings is 1. The summed E-state index contributed by atoms with van der Waals surface area (Å²) in [5, 5.41) is 3.23. The maximum atomic E-state index is 5.27. The monoisotopic (exact) mass is 277 g/mol. The molecule has 2 heterocycles. The van der Waals surface area contributed by atoms with E-state index in [2.05, 4.69) is 29.3 Å². The first-order chi connectivity index (χ1) is 9.76. The smallest absolute Gasteiger partial charge is 0.129 e. The van der Waals surface area contributed by atoms with Gasteiger partial charge in [-0.1, -0.05) is 6.92 Å². The average molecular weight is 277 g/mol. The molecule has 20 heavy (non-hydrogen) atoms. The molecule has 1 aromatic rings. The van der Waals surface area contributed by atoms with E-state index in [0.29, 0.717) is 5.92 Å². The molecule has 1 fully saturated rings. The lowest BCUT2D eigenvalue weighted by Gasteiger charge is -2.33. The lowest BCUT2D eigenvalue weighted by atomic mass is 9.98. The van der Waals surface area contributed by atoms with Gasteiger partial charge in [-0.15, -0.1) is 0 Å². The van der Waals surface area contributed by atoms with Crippen LogP contribution in [0.25, 0.3) is 0 Å². The van der Waals surface area contributed by atoms with Crippen molar-refractivity contribution in [1.82, 2.24) is 10.3 Å². The van der Waals surface area contributed by atoms with Gasteiger partial charge in [0.2, 0.25) is 0 Å². The normalized spacial score (nSPS) is 16.6. The van der Waals surface area contributed by atoms with Gasteiger partial charge in [0.25, 0.3) is 0 Å². The number of methoxy groups -OCH3 is 1. The van der Waals surface area contributed by atoms with Crippen LogP contribution in [0.4, 0.5) is 5.82 Å². The molecule has 0 aromatic carbocycles. The van der Waals surface area contributed by atoms with Crippen molar-refractivity contribution in [3.05, 3.63) is 23.4 Å². The second kappa shape index (κ2) is 7.60. The van der Waals surface area contributed by atoms with Crippen molar-refractivity contribution in [3.8, 4) is 0 Å². The Kier molecular flexibility index (Phi) is 5.80.